The molecule has 2 fully saturated rings. The molecule has 0 aromatic heterocycles. The van der Waals surface area contributed by atoms with Crippen LogP contribution >= 0.6 is 0 Å². The van der Waals surface area contributed by atoms with Crippen LogP contribution in [-0.2, 0) is 27.0 Å². The number of amides is 2. The molecular formula is C18H21F3N2O3. The smallest absolute Gasteiger partial charge is 0.381 e. The predicted octanol–water partition coefficient (Wildman–Crippen LogP) is 2.21. The summed E-state index contributed by atoms with van der Waals surface area (Å²) in [5.41, 5.74) is -0.341. The molecule has 2 saturated heterocycles. The molecule has 2 aliphatic heterocycles. The van der Waals surface area contributed by atoms with E-state index in [1.54, 1.807) is 6.07 Å². The third-order valence-corrected chi connectivity index (χ3v) is 4.80. The number of alkyl halides is 3. The van der Waals surface area contributed by atoms with Crippen molar-refractivity contribution < 1.29 is 27.5 Å². The summed E-state index contributed by atoms with van der Waals surface area (Å²) in [7, 11) is 0. The van der Waals surface area contributed by atoms with Gasteiger partial charge in [0.2, 0.25) is 11.8 Å². The Kier molecular flexibility index (Phi) is 5.50. The number of carbonyl (C=O) groups excluding carboxylic acids is 2. The Balaban J connectivity index is 1.55. The topological polar surface area (TPSA) is 58.6 Å². The monoisotopic (exact) mass is 370 g/mol. The lowest BCUT2D eigenvalue weighted by molar-refractivity contribution is -0.137. The van der Waals surface area contributed by atoms with E-state index >= 15 is 0 Å². The van der Waals surface area contributed by atoms with E-state index < -0.39 is 17.7 Å². The molecule has 1 N–H and O–H groups in total. The Morgan fingerprint density at radius 2 is 2.15 bits per heavy atom. The van der Waals surface area contributed by atoms with Crippen molar-refractivity contribution in [2.45, 2.75) is 25.6 Å². The van der Waals surface area contributed by atoms with Gasteiger partial charge in [-0.1, -0.05) is 12.1 Å². The highest BCUT2D eigenvalue weighted by Gasteiger charge is 2.35. The first kappa shape index (κ1) is 18.7. The zero-order valence-corrected chi connectivity index (χ0v) is 14.2. The highest BCUT2D eigenvalue weighted by atomic mass is 19.4. The molecular weight excluding hydrogens is 349 g/mol. The van der Waals surface area contributed by atoms with Crippen molar-refractivity contribution in [2.75, 3.05) is 26.3 Å². The molecule has 0 radical (unpaired) electrons. The van der Waals surface area contributed by atoms with Crippen LogP contribution in [0.4, 0.5) is 13.2 Å². The van der Waals surface area contributed by atoms with Gasteiger partial charge in [0.15, 0.2) is 0 Å². The van der Waals surface area contributed by atoms with E-state index in [0.29, 0.717) is 31.2 Å². The van der Waals surface area contributed by atoms with Gasteiger partial charge in [0.25, 0.3) is 0 Å². The summed E-state index contributed by atoms with van der Waals surface area (Å²) < 4.78 is 43.6. The standard InChI is InChI=1S/C18H21F3N2O3/c19-18(20,21)15-3-1-2-12(6-15)9-23-10-14(7-16(23)24)17(25)22-8-13-4-5-26-11-13/h1-3,6,13-14H,4-5,7-11H2,(H,22,25). The summed E-state index contributed by atoms with van der Waals surface area (Å²) in [4.78, 5) is 25.8. The van der Waals surface area contributed by atoms with Crippen molar-refractivity contribution in [3.05, 3.63) is 35.4 Å². The van der Waals surface area contributed by atoms with E-state index in [0.717, 1.165) is 18.6 Å². The second-order valence-electron chi connectivity index (χ2n) is 6.85. The Hall–Kier alpha value is -2.09. The lowest BCUT2D eigenvalue weighted by atomic mass is 10.1. The van der Waals surface area contributed by atoms with Gasteiger partial charge < -0.3 is 15.0 Å². The van der Waals surface area contributed by atoms with E-state index in [2.05, 4.69) is 5.32 Å². The number of carbonyl (C=O) groups is 2. The van der Waals surface area contributed by atoms with Crippen LogP contribution in [0.15, 0.2) is 24.3 Å². The molecule has 5 nitrogen and oxygen atoms in total. The van der Waals surface area contributed by atoms with Gasteiger partial charge in [0.05, 0.1) is 18.1 Å². The second-order valence-corrected chi connectivity index (χ2v) is 6.85. The van der Waals surface area contributed by atoms with Gasteiger partial charge in [-0.05, 0) is 24.1 Å². The number of likely N-dealkylation sites (tertiary alicyclic amines) is 1. The number of nitrogens with one attached hydrogen (secondary N) is 1. The van der Waals surface area contributed by atoms with Crippen molar-refractivity contribution >= 4 is 11.8 Å². The van der Waals surface area contributed by atoms with Crippen molar-refractivity contribution in [3.63, 3.8) is 0 Å². The molecule has 1 aromatic rings. The summed E-state index contributed by atoms with van der Waals surface area (Å²) in [5, 5.41) is 2.85. The number of halogens is 3. The van der Waals surface area contributed by atoms with E-state index in [1.807, 2.05) is 0 Å². The molecule has 0 bridgehead atoms. The van der Waals surface area contributed by atoms with Crippen LogP contribution in [0.5, 0.6) is 0 Å². The average Bonchev–Trinajstić information content (AvgIpc) is 3.23. The van der Waals surface area contributed by atoms with Crippen LogP contribution in [0.3, 0.4) is 0 Å². The first-order valence-corrected chi connectivity index (χ1v) is 8.62. The molecule has 2 unspecified atom stereocenters. The Morgan fingerprint density at radius 3 is 2.85 bits per heavy atom. The van der Waals surface area contributed by atoms with Crippen molar-refractivity contribution in [2.24, 2.45) is 11.8 Å². The normalized spacial score (nSPS) is 23.5. The van der Waals surface area contributed by atoms with E-state index in [-0.39, 0.29) is 31.3 Å². The number of benzene rings is 1. The van der Waals surface area contributed by atoms with Gasteiger partial charge in [0.1, 0.15) is 0 Å². The van der Waals surface area contributed by atoms with Crippen LogP contribution in [0.1, 0.15) is 24.0 Å². The van der Waals surface area contributed by atoms with Gasteiger partial charge in [-0.3, -0.25) is 9.59 Å². The van der Waals surface area contributed by atoms with Crippen LogP contribution in [0, 0.1) is 11.8 Å². The average molecular weight is 370 g/mol. The summed E-state index contributed by atoms with van der Waals surface area (Å²) >= 11 is 0. The minimum atomic E-state index is -4.42. The molecule has 2 heterocycles. The fourth-order valence-corrected chi connectivity index (χ4v) is 3.30. The number of rotatable bonds is 5. The zero-order chi connectivity index (χ0) is 18.7. The molecule has 0 aliphatic carbocycles. The molecule has 2 aliphatic rings. The van der Waals surface area contributed by atoms with Crippen molar-refractivity contribution in [1.82, 2.24) is 10.2 Å². The van der Waals surface area contributed by atoms with Crippen molar-refractivity contribution in [3.8, 4) is 0 Å². The Morgan fingerprint density at radius 1 is 1.35 bits per heavy atom. The maximum absolute atomic E-state index is 12.8. The van der Waals surface area contributed by atoms with Gasteiger partial charge in [-0.15, -0.1) is 0 Å². The van der Waals surface area contributed by atoms with Gasteiger partial charge >= 0.3 is 6.18 Å². The molecule has 2 amide bonds. The van der Waals surface area contributed by atoms with Gasteiger partial charge in [-0.2, -0.15) is 13.2 Å². The molecule has 1 aromatic carbocycles. The lowest BCUT2D eigenvalue weighted by Crippen LogP contribution is -2.36. The molecule has 8 heteroatoms. The summed E-state index contributed by atoms with van der Waals surface area (Å²) in [6.07, 6.45) is -3.42. The molecule has 0 spiro atoms. The minimum Gasteiger partial charge on any atom is -0.381 e. The van der Waals surface area contributed by atoms with E-state index in [1.165, 1.54) is 11.0 Å². The molecule has 142 valence electrons. The minimum absolute atomic E-state index is 0.0724. The summed E-state index contributed by atoms with van der Waals surface area (Å²) in [6, 6.07) is 4.92. The van der Waals surface area contributed by atoms with Gasteiger partial charge in [0, 0.05) is 38.6 Å². The quantitative estimate of drug-likeness (QED) is 0.865. The fraction of sp³-hybridized carbons (Fsp3) is 0.556. The molecule has 0 saturated carbocycles. The van der Waals surface area contributed by atoms with Gasteiger partial charge in [-0.25, -0.2) is 0 Å². The van der Waals surface area contributed by atoms with Crippen molar-refractivity contribution in [1.29, 1.82) is 0 Å². The van der Waals surface area contributed by atoms with Crippen LogP contribution < -0.4 is 5.32 Å². The molecule has 3 rings (SSSR count). The molecule has 26 heavy (non-hydrogen) atoms. The van der Waals surface area contributed by atoms with Crippen LogP contribution in [0.2, 0.25) is 0 Å². The number of nitrogens with zero attached hydrogens (tertiary/aromatic N) is 1. The molecule has 2 atom stereocenters. The third kappa shape index (κ3) is 4.55. The Labute approximate surface area is 149 Å². The highest BCUT2D eigenvalue weighted by molar-refractivity contribution is 5.89. The van der Waals surface area contributed by atoms with E-state index in [4.69, 9.17) is 4.74 Å². The van der Waals surface area contributed by atoms with Crippen LogP contribution in [-0.4, -0.2) is 43.0 Å². The maximum Gasteiger partial charge on any atom is 0.416 e. The first-order chi connectivity index (χ1) is 12.3. The first-order valence-electron chi connectivity index (χ1n) is 8.62. The van der Waals surface area contributed by atoms with Crippen LogP contribution in [0.25, 0.3) is 0 Å². The third-order valence-electron chi connectivity index (χ3n) is 4.80. The maximum atomic E-state index is 12.8. The highest BCUT2D eigenvalue weighted by Crippen LogP contribution is 2.30. The number of ether oxygens (including phenoxy) is 1. The summed E-state index contributed by atoms with van der Waals surface area (Å²) in [6.45, 7) is 2.15. The number of hydrogen-bond acceptors (Lipinski definition) is 3. The largest absolute Gasteiger partial charge is 0.416 e. The Bertz CT molecular complexity index is 672. The van der Waals surface area contributed by atoms with E-state index in [9.17, 15) is 22.8 Å². The lowest BCUT2D eigenvalue weighted by Gasteiger charge is -2.18. The summed E-state index contributed by atoms with van der Waals surface area (Å²) in [5.74, 6) is -0.559. The SMILES string of the molecule is O=C(NCC1CCOC1)C1CC(=O)N(Cc2cccc(C(F)(F)F)c2)C1. The number of hydrogen-bond donors (Lipinski definition) is 1. The zero-order valence-electron chi connectivity index (χ0n) is 14.2. The predicted molar refractivity (Wildman–Crippen MR) is 86.9 cm³/mol. The fourth-order valence-electron chi connectivity index (χ4n) is 3.30. The second kappa shape index (κ2) is 7.65.